The molecule has 2 aliphatic carbocycles. The van der Waals surface area contributed by atoms with Crippen LogP contribution in [0.3, 0.4) is 0 Å². The number of rotatable bonds is 3. The lowest BCUT2D eigenvalue weighted by Gasteiger charge is -2.50. The number of methoxy groups -OCH3 is 1. The molecule has 0 radical (unpaired) electrons. The fraction of sp³-hybridized carbons (Fsp3) is 0.321. The summed E-state index contributed by atoms with van der Waals surface area (Å²) in [6.07, 6.45) is 1.39. The Kier molecular flexibility index (Phi) is 5.99. The van der Waals surface area contributed by atoms with Crippen molar-refractivity contribution in [3.05, 3.63) is 65.5 Å². The Hall–Kier alpha value is -3.96. The minimum Gasteiger partial charge on any atom is -0.508 e. The first-order valence-electron chi connectivity index (χ1n) is 12.6. The fourth-order valence-corrected chi connectivity index (χ4v) is 7.83. The Morgan fingerprint density at radius 1 is 1.05 bits per heavy atom. The number of phenols is 1. The van der Waals surface area contributed by atoms with Crippen molar-refractivity contribution in [2.24, 2.45) is 23.5 Å². The molecular weight excluding hydrogens is 580 g/mol. The van der Waals surface area contributed by atoms with Gasteiger partial charge in [-0.05, 0) is 49.1 Å². The van der Waals surface area contributed by atoms with Crippen LogP contribution < -0.4 is 15.4 Å². The van der Waals surface area contributed by atoms with Crippen molar-refractivity contribution in [1.82, 2.24) is 4.90 Å². The van der Waals surface area contributed by atoms with E-state index in [1.54, 1.807) is 6.08 Å². The van der Waals surface area contributed by atoms with Gasteiger partial charge in [0.2, 0.25) is 11.8 Å². The van der Waals surface area contributed by atoms with Gasteiger partial charge in [-0.2, -0.15) is 4.90 Å². The van der Waals surface area contributed by atoms with Crippen molar-refractivity contribution in [3.8, 4) is 11.5 Å². The maximum atomic E-state index is 14.3. The van der Waals surface area contributed by atoms with E-state index in [1.807, 2.05) is 0 Å². The van der Waals surface area contributed by atoms with Gasteiger partial charge in [0.15, 0.2) is 9.75 Å². The molecule has 0 bridgehead atoms. The number of carbonyl (C=O) groups excluding carboxylic acids is 5. The van der Waals surface area contributed by atoms with Gasteiger partial charge in [0.05, 0.1) is 24.6 Å². The SMILES string of the molecule is COc1cc(O)ccc1C1C2=CCC3C(=O)N(C(N)=O)C(=O)C3C2CC2(Cl)C(=O)N(c3ccc(F)cc3)C(=O)C12Cl. The third-order valence-electron chi connectivity index (χ3n) is 8.64. The molecule has 1 saturated carbocycles. The quantitative estimate of drug-likeness (QED) is 0.312. The molecule has 6 rings (SSSR count). The number of aromatic hydroxyl groups is 1. The maximum Gasteiger partial charge on any atom is 0.328 e. The number of carbonyl (C=O) groups is 5. The summed E-state index contributed by atoms with van der Waals surface area (Å²) < 4.78 is 19.2. The summed E-state index contributed by atoms with van der Waals surface area (Å²) in [5, 5.41) is 10.1. The number of urea groups is 1. The summed E-state index contributed by atoms with van der Waals surface area (Å²) in [5.74, 6) is -8.06. The van der Waals surface area contributed by atoms with E-state index < -0.39 is 68.9 Å². The van der Waals surface area contributed by atoms with Gasteiger partial charge in [0, 0.05) is 17.5 Å². The van der Waals surface area contributed by atoms with Crippen LogP contribution in [0.5, 0.6) is 11.5 Å². The van der Waals surface area contributed by atoms with E-state index in [4.69, 9.17) is 33.7 Å². The van der Waals surface area contributed by atoms with Crippen LogP contribution in [0.2, 0.25) is 0 Å². The number of imide groups is 4. The highest BCUT2D eigenvalue weighted by Crippen LogP contribution is 2.66. The van der Waals surface area contributed by atoms with Gasteiger partial charge < -0.3 is 15.6 Å². The van der Waals surface area contributed by atoms with Gasteiger partial charge in [-0.3, -0.25) is 19.2 Å². The van der Waals surface area contributed by atoms with Crippen molar-refractivity contribution >= 4 is 58.5 Å². The van der Waals surface area contributed by atoms with E-state index in [1.165, 1.54) is 37.4 Å². The smallest absolute Gasteiger partial charge is 0.328 e. The molecule has 41 heavy (non-hydrogen) atoms. The number of nitrogens with zero attached hydrogens (tertiary/aromatic N) is 2. The van der Waals surface area contributed by atoms with Gasteiger partial charge in [-0.25, -0.2) is 14.1 Å². The second kappa shape index (κ2) is 9.02. The van der Waals surface area contributed by atoms with Gasteiger partial charge >= 0.3 is 6.03 Å². The molecule has 2 saturated heterocycles. The highest BCUT2D eigenvalue weighted by atomic mass is 35.5. The standard InChI is InChI=1S/C28H22Cl2FN3O7/c1-41-19-10-14(35)6-7-16(19)21-15-8-9-17-20(23(37)34(22(17)36)26(32)40)18(15)11-27(29)24(38)33(25(39)28(21,27)30)13-4-2-12(31)3-5-13/h2-8,10,17-18,20-21,35H,9,11H2,1H3,(H2,32,40). The van der Waals surface area contributed by atoms with Crippen LogP contribution in [0.25, 0.3) is 0 Å². The highest BCUT2D eigenvalue weighted by Gasteiger charge is 2.77. The molecule has 10 nitrogen and oxygen atoms in total. The molecule has 212 valence electrons. The normalized spacial score (nSPS) is 32.4. The number of alkyl halides is 2. The van der Waals surface area contributed by atoms with Crippen LogP contribution in [0.1, 0.15) is 24.3 Å². The Bertz CT molecular complexity index is 1600. The van der Waals surface area contributed by atoms with Crippen LogP contribution in [-0.2, 0) is 19.2 Å². The molecular formula is C28H22Cl2FN3O7. The zero-order chi connectivity index (χ0) is 29.6. The zero-order valence-corrected chi connectivity index (χ0v) is 22.9. The van der Waals surface area contributed by atoms with Gasteiger partial charge in [-0.1, -0.05) is 17.7 Å². The molecule has 6 unspecified atom stereocenters. The molecule has 2 aromatic carbocycles. The topological polar surface area (TPSA) is 147 Å². The lowest BCUT2D eigenvalue weighted by molar-refractivity contribution is -0.136. The van der Waals surface area contributed by atoms with Crippen LogP contribution in [0, 0.1) is 23.6 Å². The van der Waals surface area contributed by atoms with Crippen molar-refractivity contribution in [2.75, 3.05) is 12.0 Å². The summed E-state index contributed by atoms with van der Waals surface area (Å²) >= 11 is 14.5. The number of primary amides is 1. The molecule has 13 heteroatoms. The Morgan fingerprint density at radius 2 is 1.73 bits per heavy atom. The average Bonchev–Trinajstić information content (AvgIpc) is 3.27. The predicted octanol–water partition coefficient (Wildman–Crippen LogP) is 3.18. The van der Waals surface area contributed by atoms with Crippen molar-refractivity contribution < 1.29 is 38.2 Å². The molecule has 2 aliphatic heterocycles. The number of benzene rings is 2. The number of anilines is 1. The van der Waals surface area contributed by atoms with Crippen LogP contribution in [-0.4, -0.2) is 56.5 Å². The minimum absolute atomic E-state index is 0.0355. The van der Waals surface area contributed by atoms with E-state index in [2.05, 4.69) is 0 Å². The Morgan fingerprint density at radius 3 is 2.37 bits per heavy atom. The molecule has 6 amide bonds. The average molecular weight is 602 g/mol. The molecule has 3 N–H and O–H groups in total. The second-order valence-corrected chi connectivity index (χ2v) is 11.8. The van der Waals surface area contributed by atoms with Crippen molar-refractivity contribution in [1.29, 1.82) is 0 Å². The van der Waals surface area contributed by atoms with Crippen LogP contribution in [0.15, 0.2) is 54.1 Å². The molecule has 2 heterocycles. The first kappa shape index (κ1) is 27.2. The molecule has 4 aliphatic rings. The van der Waals surface area contributed by atoms with Gasteiger partial charge in [-0.15, -0.1) is 23.2 Å². The van der Waals surface area contributed by atoms with Gasteiger partial charge in [0.25, 0.3) is 11.8 Å². The molecule has 0 spiro atoms. The van der Waals surface area contributed by atoms with Crippen LogP contribution in [0.4, 0.5) is 14.9 Å². The minimum atomic E-state index is -2.17. The zero-order valence-electron chi connectivity index (χ0n) is 21.3. The lowest BCUT2D eigenvalue weighted by Crippen LogP contribution is -2.60. The van der Waals surface area contributed by atoms with E-state index in [0.717, 1.165) is 17.0 Å². The summed E-state index contributed by atoms with van der Waals surface area (Å²) in [5.41, 5.74) is 6.13. The third kappa shape index (κ3) is 3.45. The van der Waals surface area contributed by atoms with Crippen molar-refractivity contribution in [2.45, 2.75) is 28.5 Å². The first-order chi connectivity index (χ1) is 19.4. The Balaban J connectivity index is 1.59. The van der Waals surface area contributed by atoms with Crippen LogP contribution >= 0.6 is 23.2 Å². The van der Waals surface area contributed by atoms with Crippen molar-refractivity contribution in [3.63, 3.8) is 0 Å². The first-order valence-corrected chi connectivity index (χ1v) is 13.4. The number of hydrogen-bond acceptors (Lipinski definition) is 7. The van der Waals surface area contributed by atoms with E-state index in [-0.39, 0.29) is 30.0 Å². The lowest BCUT2D eigenvalue weighted by atomic mass is 9.56. The summed E-state index contributed by atoms with van der Waals surface area (Å²) in [4.78, 5) is 63.7. The van der Waals surface area contributed by atoms with E-state index in [9.17, 15) is 33.5 Å². The number of ether oxygens (including phenoxy) is 1. The summed E-state index contributed by atoms with van der Waals surface area (Å²) in [7, 11) is 1.34. The predicted molar refractivity (Wildman–Crippen MR) is 143 cm³/mol. The number of phenolic OH excluding ortho intramolecular Hbond substituents is 1. The number of allylic oxidation sites excluding steroid dienone is 2. The molecule has 0 aromatic heterocycles. The molecule has 2 aromatic rings. The number of hydrogen-bond donors (Lipinski definition) is 2. The summed E-state index contributed by atoms with van der Waals surface area (Å²) in [6, 6.07) is 7.55. The van der Waals surface area contributed by atoms with E-state index in [0.29, 0.717) is 16.0 Å². The van der Waals surface area contributed by atoms with Gasteiger partial charge in [0.1, 0.15) is 17.3 Å². The highest BCUT2D eigenvalue weighted by molar-refractivity contribution is 6.58. The van der Waals surface area contributed by atoms with E-state index >= 15 is 0 Å². The largest absolute Gasteiger partial charge is 0.508 e. The number of amides is 6. The number of halogens is 3. The number of nitrogens with two attached hydrogens (primary N) is 1. The molecule has 6 atom stereocenters. The summed E-state index contributed by atoms with van der Waals surface area (Å²) in [6.45, 7) is 0. The molecule has 3 fully saturated rings. The fourth-order valence-electron chi connectivity index (χ4n) is 6.90. The maximum absolute atomic E-state index is 14.3. The monoisotopic (exact) mass is 601 g/mol. The second-order valence-electron chi connectivity index (χ2n) is 10.5. The number of fused-ring (bicyclic) bond motifs is 4. The third-order valence-corrected chi connectivity index (χ3v) is 10.1. The Labute approximate surface area is 242 Å². The number of likely N-dealkylation sites (tertiary alicyclic amines) is 1.